The Labute approximate surface area is 223 Å². The third kappa shape index (κ3) is 5.43. The van der Waals surface area contributed by atoms with Gasteiger partial charge in [-0.2, -0.15) is 0 Å². The van der Waals surface area contributed by atoms with Crippen molar-refractivity contribution in [3.63, 3.8) is 0 Å². The monoisotopic (exact) mass is 536 g/mol. The maximum atomic E-state index is 14.6. The van der Waals surface area contributed by atoms with E-state index in [1.165, 1.54) is 22.8 Å². The smallest absolute Gasteiger partial charge is 0.356 e. The Morgan fingerprint density at radius 2 is 1.76 bits per heavy atom. The summed E-state index contributed by atoms with van der Waals surface area (Å²) in [6.07, 6.45) is 0.429. The van der Waals surface area contributed by atoms with Gasteiger partial charge in [0.1, 0.15) is 16.8 Å². The van der Waals surface area contributed by atoms with Gasteiger partial charge in [-0.05, 0) is 37.1 Å². The lowest BCUT2D eigenvalue weighted by Gasteiger charge is -2.19. The number of pyridine rings is 1. The van der Waals surface area contributed by atoms with E-state index >= 15 is 0 Å². The number of rotatable bonds is 8. The van der Waals surface area contributed by atoms with E-state index in [0.717, 1.165) is 6.07 Å². The van der Waals surface area contributed by atoms with Crippen LogP contribution in [0.25, 0.3) is 22.3 Å². The van der Waals surface area contributed by atoms with Gasteiger partial charge in [-0.3, -0.25) is 14.2 Å². The van der Waals surface area contributed by atoms with E-state index in [-0.39, 0.29) is 39.1 Å². The number of aromatic carboxylic acids is 1. The molecule has 0 fully saturated rings. The lowest BCUT2D eigenvalue weighted by Crippen LogP contribution is -2.22. The van der Waals surface area contributed by atoms with Crippen molar-refractivity contribution in [3.8, 4) is 11.4 Å². The molecule has 0 saturated heterocycles. The van der Waals surface area contributed by atoms with Crippen molar-refractivity contribution in [3.05, 3.63) is 86.7 Å². The van der Waals surface area contributed by atoms with Crippen LogP contribution >= 0.6 is 11.6 Å². The minimum atomic E-state index is -1.28. The highest BCUT2D eigenvalue weighted by Gasteiger charge is 2.21. The van der Waals surface area contributed by atoms with Crippen LogP contribution in [0, 0.1) is 11.7 Å². The molecular weight excluding hydrogens is 511 g/mol. The molecule has 10 heteroatoms. The molecule has 0 spiro atoms. The molecule has 0 amide bonds. The molecular formula is C28H26ClFN4O4. The number of aromatic nitrogens is 3. The number of nitrogens with one attached hydrogen (secondary N) is 1. The number of fused-ring (bicyclic) bond motifs is 1. The zero-order valence-electron chi connectivity index (χ0n) is 21.3. The highest BCUT2D eigenvalue weighted by atomic mass is 35.5. The van der Waals surface area contributed by atoms with Crippen LogP contribution in [0.2, 0.25) is 5.15 Å². The van der Waals surface area contributed by atoms with E-state index < -0.39 is 23.4 Å². The van der Waals surface area contributed by atoms with Crippen LogP contribution in [0.3, 0.4) is 0 Å². The van der Waals surface area contributed by atoms with Crippen molar-refractivity contribution < 1.29 is 19.1 Å². The lowest BCUT2D eigenvalue weighted by atomic mass is 10.00. The van der Waals surface area contributed by atoms with Crippen LogP contribution in [0.4, 0.5) is 10.1 Å². The standard InChI is InChI=1S/C28H26ClFN4O4/c1-14(2)11-22(35)16-5-7-17(8-6-16)26-33-24-19(12-18(30)13-20(24)27(36)34(26)4)15(3)31-21-9-10-23(29)32-25(21)28(37)38/h5-10,12-15,31H,11H2,1-4H3,(H,37,38)/t15-/m1/s1. The molecule has 0 unspecified atom stereocenters. The Bertz CT molecular complexity index is 1620. The first kappa shape index (κ1) is 26.9. The van der Waals surface area contributed by atoms with E-state index in [1.807, 2.05) is 13.8 Å². The fourth-order valence-corrected chi connectivity index (χ4v) is 4.42. The second-order valence-electron chi connectivity index (χ2n) is 9.49. The van der Waals surface area contributed by atoms with E-state index in [1.54, 1.807) is 38.2 Å². The average Bonchev–Trinajstić information content (AvgIpc) is 2.86. The van der Waals surface area contributed by atoms with Gasteiger partial charge in [-0.25, -0.2) is 19.2 Å². The lowest BCUT2D eigenvalue weighted by molar-refractivity contribution is 0.0691. The molecule has 0 bridgehead atoms. The zero-order valence-corrected chi connectivity index (χ0v) is 22.0. The van der Waals surface area contributed by atoms with Crippen molar-refractivity contribution in [2.24, 2.45) is 13.0 Å². The molecule has 0 aliphatic heterocycles. The van der Waals surface area contributed by atoms with E-state index in [2.05, 4.69) is 10.3 Å². The molecule has 4 aromatic rings. The summed E-state index contributed by atoms with van der Waals surface area (Å²) in [7, 11) is 1.55. The molecule has 2 aromatic carbocycles. The summed E-state index contributed by atoms with van der Waals surface area (Å²) >= 11 is 5.85. The number of carbonyl (C=O) groups excluding carboxylic acids is 1. The normalized spacial score (nSPS) is 12.1. The van der Waals surface area contributed by atoms with Crippen LogP contribution in [-0.4, -0.2) is 31.4 Å². The first-order valence-electron chi connectivity index (χ1n) is 12.0. The van der Waals surface area contributed by atoms with E-state index in [9.17, 15) is 23.9 Å². The summed E-state index contributed by atoms with van der Waals surface area (Å²) in [5, 5.41) is 12.6. The van der Waals surface area contributed by atoms with Gasteiger partial charge < -0.3 is 10.4 Å². The molecule has 2 aromatic heterocycles. The van der Waals surface area contributed by atoms with Crippen LogP contribution in [0.5, 0.6) is 0 Å². The van der Waals surface area contributed by atoms with Crippen molar-refractivity contribution in [2.45, 2.75) is 33.2 Å². The summed E-state index contributed by atoms with van der Waals surface area (Å²) < 4.78 is 16.0. The number of halogens is 2. The molecule has 196 valence electrons. The van der Waals surface area contributed by atoms with Crippen LogP contribution in [0.1, 0.15) is 59.6 Å². The number of carboxylic acids is 1. The number of benzene rings is 2. The van der Waals surface area contributed by atoms with Crippen molar-refractivity contribution >= 4 is 39.9 Å². The van der Waals surface area contributed by atoms with Crippen molar-refractivity contribution in [1.29, 1.82) is 0 Å². The van der Waals surface area contributed by atoms with Crippen LogP contribution in [-0.2, 0) is 7.05 Å². The third-order valence-corrected chi connectivity index (χ3v) is 6.35. The molecule has 0 aliphatic rings. The number of carboxylic acid groups (broad SMARTS) is 1. The first-order chi connectivity index (χ1) is 18.0. The average molecular weight is 537 g/mol. The largest absolute Gasteiger partial charge is 0.476 e. The molecule has 8 nitrogen and oxygen atoms in total. The topological polar surface area (TPSA) is 114 Å². The van der Waals surface area contributed by atoms with Gasteiger partial charge in [0.15, 0.2) is 11.5 Å². The third-order valence-electron chi connectivity index (χ3n) is 6.14. The van der Waals surface area contributed by atoms with Gasteiger partial charge in [0, 0.05) is 30.2 Å². The number of hydrogen-bond acceptors (Lipinski definition) is 6. The minimum Gasteiger partial charge on any atom is -0.476 e. The Morgan fingerprint density at radius 3 is 2.39 bits per heavy atom. The number of hydrogen-bond donors (Lipinski definition) is 2. The SMILES string of the molecule is CC(C)CC(=O)c1ccc(-c2nc3c([C@@H](C)Nc4ccc(Cl)nc4C(=O)O)cc(F)cc3c(=O)n2C)cc1. The zero-order chi connectivity index (χ0) is 27.7. The minimum absolute atomic E-state index is 0.0172. The Hall–Kier alpha value is -4.11. The summed E-state index contributed by atoms with van der Waals surface area (Å²) in [5.74, 6) is -1.31. The van der Waals surface area contributed by atoms with Crippen molar-refractivity contribution in [2.75, 3.05) is 5.32 Å². The maximum Gasteiger partial charge on any atom is 0.356 e. The van der Waals surface area contributed by atoms with Gasteiger partial charge in [0.25, 0.3) is 5.56 Å². The van der Waals surface area contributed by atoms with Gasteiger partial charge in [0.2, 0.25) is 0 Å². The summed E-state index contributed by atoms with van der Waals surface area (Å²) in [6, 6.07) is 11.5. The van der Waals surface area contributed by atoms with E-state index in [4.69, 9.17) is 16.6 Å². The second kappa shape index (κ2) is 10.7. The first-order valence-corrected chi connectivity index (χ1v) is 12.3. The van der Waals surface area contributed by atoms with Crippen LogP contribution < -0.4 is 10.9 Å². The maximum absolute atomic E-state index is 14.6. The van der Waals surface area contributed by atoms with E-state index in [0.29, 0.717) is 28.9 Å². The fraction of sp³-hybridized carbons (Fsp3) is 0.250. The summed E-state index contributed by atoms with van der Waals surface area (Å²) in [5.41, 5.74) is 1.24. The molecule has 0 saturated carbocycles. The van der Waals surface area contributed by atoms with Crippen LogP contribution in [0.15, 0.2) is 53.3 Å². The van der Waals surface area contributed by atoms with Gasteiger partial charge >= 0.3 is 5.97 Å². The molecule has 0 radical (unpaired) electrons. The quantitative estimate of drug-likeness (QED) is 0.213. The Balaban J connectivity index is 1.80. The van der Waals surface area contributed by atoms with Crippen molar-refractivity contribution in [1.82, 2.24) is 14.5 Å². The Kier molecular flexibility index (Phi) is 7.59. The number of anilines is 1. The van der Waals surface area contributed by atoms with Gasteiger partial charge in [-0.15, -0.1) is 0 Å². The summed E-state index contributed by atoms with van der Waals surface area (Å²) in [4.78, 5) is 45.9. The predicted octanol–water partition coefficient (Wildman–Crippen LogP) is 5.89. The number of ketones is 1. The number of Topliss-reactive ketones (excluding diaryl/α,β-unsaturated/α-hetero) is 1. The predicted molar refractivity (Wildman–Crippen MR) is 144 cm³/mol. The molecule has 4 rings (SSSR count). The highest BCUT2D eigenvalue weighted by Crippen LogP contribution is 2.29. The Morgan fingerprint density at radius 1 is 1.08 bits per heavy atom. The molecule has 1 atom stereocenters. The molecule has 2 heterocycles. The highest BCUT2D eigenvalue weighted by molar-refractivity contribution is 6.29. The number of carbonyl (C=O) groups is 2. The fourth-order valence-electron chi connectivity index (χ4n) is 4.27. The molecule has 0 aliphatic carbocycles. The van der Waals surface area contributed by atoms with Gasteiger partial charge in [0.05, 0.1) is 22.6 Å². The van der Waals surface area contributed by atoms with Gasteiger partial charge in [-0.1, -0.05) is 49.7 Å². The second-order valence-corrected chi connectivity index (χ2v) is 9.88. The molecule has 38 heavy (non-hydrogen) atoms. The number of nitrogens with zero attached hydrogens (tertiary/aromatic N) is 3. The summed E-state index contributed by atoms with van der Waals surface area (Å²) in [6.45, 7) is 5.65. The molecule has 2 N–H and O–H groups in total.